The zero-order chi connectivity index (χ0) is 20.5. The molecule has 0 aromatic heterocycles. The van der Waals surface area contributed by atoms with E-state index in [1.54, 1.807) is 17.9 Å². The Morgan fingerprint density at radius 1 is 1.04 bits per heavy atom. The minimum absolute atomic E-state index is 0.0572. The van der Waals surface area contributed by atoms with Gasteiger partial charge < -0.3 is 10.2 Å². The van der Waals surface area contributed by atoms with Gasteiger partial charge in [-0.1, -0.05) is 61.0 Å². The van der Waals surface area contributed by atoms with E-state index >= 15 is 0 Å². The van der Waals surface area contributed by atoms with Crippen LogP contribution in [0.15, 0.2) is 48.5 Å². The zero-order valence-corrected chi connectivity index (χ0v) is 17.6. The molecule has 0 spiro atoms. The predicted molar refractivity (Wildman–Crippen MR) is 114 cm³/mol. The van der Waals surface area contributed by atoms with Crippen molar-refractivity contribution < 1.29 is 9.59 Å². The number of carbonyl (C=O) groups is 2. The van der Waals surface area contributed by atoms with Crippen LogP contribution in [-0.4, -0.2) is 29.3 Å². The first-order chi connectivity index (χ1) is 13.5. The molecule has 0 heterocycles. The lowest BCUT2D eigenvalue weighted by atomic mass is 10.0. The van der Waals surface area contributed by atoms with Crippen molar-refractivity contribution >= 4 is 23.4 Å². The van der Waals surface area contributed by atoms with Crippen LogP contribution in [0.5, 0.6) is 0 Å². The molecule has 1 atom stereocenters. The topological polar surface area (TPSA) is 49.4 Å². The highest BCUT2D eigenvalue weighted by Crippen LogP contribution is 2.19. The van der Waals surface area contributed by atoms with Crippen molar-refractivity contribution in [2.75, 3.05) is 6.54 Å². The Bertz CT molecular complexity index is 789. The van der Waals surface area contributed by atoms with Crippen LogP contribution in [0.2, 0.25) is 5.02 Å². The van der Waals surface area contributed by atoms with E-state index in [4.69, 9.17) is 11.6 Å². The Morgan fingerprint density at radius 2 is 1.68 bits per heavy atom. The van der Waals surface area contributed by atoms with Crippen LogP contribution in [-0.2, 0) is 29.0 Å². The number of carbonyl (C=O) groups excluding carboxylic acids is 2. The summed E-state index contributed by atoms with van der Waals surface area (Å²) in [6, 6.07) is 15.2. The molecular formula is C23H29ClN2O2. The van der Waals surface area contributed by atoms with Crippen LogP contribution < -0.4 is 5.32 Å². The highest BCUT2D eigenvalue weighted by atomic mass is 35.5. The van der Waals surface area contributed by atoms with E-state index in [1.807, 2.05) is 25.1 Å². The summed E-state index contributed by atoms with van der Waals surface area (Å²) in [6.07, 6.45) is 1.98. The smallest absolute Gasteiger partial charge is 0.242 e. The van der Waals surface area contributed by atoms with E-state index in [1.165, 1.54) is 5.56 Å². The number of likely N-dealkylation sites (N-methyl/N-ethyl adjacent to an activating group) is 1. The Morgan fingerprint density at radius 3 is 2.29 bits per heavy atom. The summed E-state index contributed by atoms with van der Waals surface area (Å²) in [5, 5.41) is 3.40. The number of aryl methyl sites for hydroxylation is 2. The molecule has 2 amide bonds. The third-order valence-electron chi connectivity index (χ3n) is 4.88. The first kappa shape index (κ1) is 22.0. The number of benzene rings is 2. The summed E-state index contributed by atoms with van der Waals surface area (Å²) in [5.74, 6) is -0.214. The number of nitrogens with one attached hydrogen (secondary N) is 1. The van der Waals surface area contributed by atoms with E-state index in [2.05, 4.69) is 36.5 Å². The average Bonchev–Trinajstić information content (AvgIpc) is 2.71. The number of nitrogens with zero attached hydrogens (tertiary/aromatic N) is 1. The largest absolute Gasteiger partial charge is 0.355 e. The number of halogens is 1. The van der Waals surface area contributed by atoms with Gasteiger partial charge in [0.25, 0.3) is 0 Å². The molecule has 5 heteroatoms. The summed E-state index contributed by atoms with van der Waals surface area (Å²) in [6.45, 7) is 6.58. The minimum Gasteiger partial charge on any atom is -0.355 e. The van der Waals surface area contributed by atoms with Crippen LogP contribution in [0.4, 0.5) is 0 Å². The maximum Gasteiger partial charge on any atom is 0.242 e. The number of hydrogen-bond donors (Lipinski definition) is 1. The van der Waals surface area contributed by atoms with Crippen molar-refractivity contribution in [2.24, 2.45) is 0 Å². The molecule has 0 saturated heterocycles. The van der Waals surface area contributed by atoms with Gasteiger partial charge in [0.2, 0.25) is 11.8 Å². The molecule has 2 rings (SSSR count). The van der Waals surface area contributed by atoms with Gasteiger partial charge in [0.1, 0.15) is 6.04 Å². The predicted octanol–water partition coefficient (Wildman–Crippen LogP) is 4.39. The molecule has 0 aliphatic heterocycles. The second kappa shape index (κ2) is 10.9. The standard InChI is InChI=1S/C23H29ClN2O2/c1-4-18-10-12-19(13-11-18)14-15-22(27)26(17(3)23(28)25-5-2)16-20-8-6-7-9-21(20)24/h6-13,17H,4-5,14-16H2,1-3H3,(H,25,28). The van der Waals surface area contributed by atoms with Crippen LogP contribution in [0.3, 0.4) is 0 Å². The number of rotatable bonds is 9. The second-order valence-corrected chi connectivity index (χ2v) is 7.26. The van der Waals surface area contributed by atoms with Gasteiger partial charge in [0.05, 0.1) is 0 Å². The Balaban J connectivity index is 2.12. The van der Waals surface area contributed by atoms with Gasteiger partial charge >= 0.3 is 0 Å². The molecule has 0 fully saturated rings. The maximum absolute atomic E-state index is 13.0. The molecule has 1 N–H and O–H groups in total. The maximum atomic E-state index is 13.0. The fourth-order valence-corrected chi connectivity index (χ4v) is 3.25. The van der Waals surface area contributed by atoms with Crippen molar-refractivity contribution in [3.05, 3.63) is 70.2 Å². The Kier molecular flexibility index (Phi) is 8.52. The molecule has 0 radical (unpaired) electrons. The summed E-state index contributed by atoms with van der Waals surface area (Å²) >= 11 is 6.28. The van der Waals surface area contributed by atoms with E-state index in [0.717, 1.165) is 17.5 Å². The van der Waals surface area contributed by atoms with Crippen molar-refractivity contribution in [3.63, 3.8) is 0 Å². The normalized spacial score (nSPS) is 11.7. The highest BCUT2D eigenvalue weighted by molar-refractivity contribution is 6.31. The Hall–Kier alpha value is -2.33. The molecule has 0 aliphatic rings. The molecule has 28 heavy (non-hydrogen) atoms. The van der Waals surface area contributed by atoms with E-state index in [-0.39, 0.29) is 11.8 Å². The highest BCUT2D eigenvalue weighted by Gasteiger charge is 2.26. The van der Waals surface area contributed by atoms with Gasteiger partial charge in [0.15, 0.2) is 0 Å². The molecular weight excluding hydrogens is 372 g/mol. The Labute approximate surface area is 172 Å². The average molecular weight is 401 g/mol. The molecule has 2 aromatic rings. The number of amides is 2. The third kappa shape index (κ3) is 6.10. The van der Waals surface area contributed by atoms with E-state index in [9.17, 15) is 9.59 Å². The van der Waals surface area contributed by atoms with Gasteiger partial charge in [-0.2, -0.15) is 0 Å². The van der Waals surface area contributed by atoms with Crippen molar-refractivity contribution in [1.29, 1.82) is 0 Å². The van der Waals surface area contributed by atoms with Crippen molar-refractivity contribution in [1.82, 2.24) is 10.2 Å². The van der Waals surface area contributed by atoms with Crippen LogP contribution in [0, 0.1) is 0 Å². The second-order valence-electron chi connectivity index (χ2n) is 6.85. The van der Waals surface area contributed by atoms with Gasteiger partial charge in [-0.25, -0.2) is 0 Å². The van der Waals surface area contributed by atoms with Crippen molar-refractivity contribution in [2.45, 2.75) is 52.6 Å². The van der Waals surface area contributed by atoms with Crippen molar-refractivity contribution in [3.8, 4) is 0 Å². The van der Waals surface area contributed by atoms with Gasteiger partial charge in [-0.05, 0) is 49.4 Å². The molecule has 2 aromatic carbocycles. The lowest BCUT2D eigenvalue weighted by molar-refractivity contribution is -0.140. The first-order valence-electron chi connectivity index (χ1n) is 9.84. The SMILES string of the molecule is CCNC(=O)C(C)N(Cc1ccccc1Cl)C(=O)CCc1ccc(CC)cc1. The summed E-state index contributed by atoms with van der Waals surface area (Å²) in [4.78, 5) is 27.0. The first-order valence-corrected chi connectivity index (χ1v) is 10.2. The summed E-state index contributed by atoms with van der Waals surface area (Å²) < 4.78 is 0. The fraction of sp³-hybridized carbons (Fsp3) is 0.391. The van der Waals surface area contributed by atoms with Crippen LogP contribution >= 0.6 is 11.6 Å². The lowest BCUT2D eigenvalue weighted by Crippen LogP contribution is -2.47. The third-order valence-corrected chi connectivity index (χ3v) is 5.24. The minimum atomic E-state index is -0.564. The van der Waals surface area contributed by atoms with E-state index < -0.39 is 6.04 Å². The molecule has 1 unspecified atom stereocenters. The molecule has 0 bridgehead atoms. The molecule has 150 valence electrons. The lowest BCUT2D eigenvalue weighted by Gasteiger charge is -2.29. The molecule has 0 saturated carbocycles. The quantitative estimate of drug-likeness (QED) is 0.678. The monoisotopic (exact) mass is 400 g/mol. The molecule has 4 nitrogen and oxygen atoms in total. The van der Waals surface area contributed by atoms with Gasteiger partial charge in [-0.15, -0.1) is 0 Å². The summed E-state index contributed by atoms with van der Waals surface area (Å²) in [5.41, 5.74) is 3.23. The number of hydrogen-bond acceptors (Lipinski definition) is 2. The van der Waals surface area contributed by atoms with Crippen LogP contribution in [0.25, 0.3) is 0 Å². The van der Waals surface area contributed by atoms with E-state index in [0.29, 0.717) is 31.0 Å². The van der Waals surface area contributed by atoms with Gasteiger partial charge in [0, 0.05) is 24.5 Å². The summed E-state index contributed by atoms with van der Waals surface area (Å²) in [7, 11) is 0. The van der Waals surface area contributed by atoms with Crippen LogP contribution in [0.1, 0.15) is 43.9 Å². The fourth-order valence-electron chi connectivity index (χ4n) is 3.05. The molecule has 0 aliphatic carbocycles. The zero-order valence-electron chi connectivity index (χ0n) is 16.9. The van der Waals surface area contributed by atoms with Gasteiger partial charge in [-0.3, -0.25) is 9.59 Å².